The van der Waals surface area contributed by atoms with Crippen LogP contribution in [-0.4, -0.2) is 12.0 Å². The van der Waals surface area contributed by atoms with Crippen LogP contribution in [0.2, 0.25) is 0 Å². The second kappa shape index (κ2) is 6.76. The average molecular weight is 300 g/mol. The van der Waals surface area contributed by atoms with E-state index in [1.54, 1.807) is 0 Å². The Morgan fingerprint density at radius 1 is 1.18 bits per heavy atom. The number of carbonyl (C=O) groups excluding carboxylic acids is 1. The van der Waals surface area contributed by atoms with E-state index >= 15 is 0 Å². The van der Waals surface area contributed by atoms with E-state index in [2.05, 4.69) is 0 Å². The molecule has 3 nitrogen and oxygen atoms in total. The van der Waals surface area contributed by atoms with Gasteiger partial charge in [0.05, 0.1) is 5.97 Å². The molecule has 1 atom stereocenters. The maximum Gasteiger partial charge on any atom is 1.00 e. The van der Waals surface area contributed by atoms with Crippen LogP contribution in [-0.2, 0) is 11.2 Å². The van der Waals surface area contributed by atoms with Crippen LogP contribution >= 0.6 is 0 Å². The van der Waals surface area contributed by atoms with Crippen LogP contribution in [0.15, 0.2) is 42.5 Å². The van der Waals surface area contributed by atoms with Gasteiger partial charge in [0.2, 0.25) is 0 Å². The molecule has 4 heteroatoms. The number of carboxylic acids is 1. The Hall–Kier alpha value is -0.0648. The van der Waals surface area contributed by atoms with Crippen molar-refractivity contribution in [3.8, 4) is 0 Å². The summed E-state index contributed by atoms with van der Waals surface area (Å²) in [6, 6.07) is 12.8. The van der Waals surface area contributed by atoms with E-state index in [4.69, 9.17) is 5.73 Å². The van der Waals surface area contributed by atoms with Gasteiger partial charge in [0.1, 0.15) is 0 Å². The third-order valence-corrected chi connectivity index (χ3v) is 2.57. The molecule has 0 bridgehead atoms. The van der Waals surface area contributed by atoms with Crippen LogP contribution in [0.3, 0.4) is 0 Å². The Balaban J connectivity index is 0.00000144. The SMILES string of the molecule is N[C@@H](Cc1ccc2ccccc2c1)C(=O)[O-].[Rb+]. The summed E-state index contributed by atoms with van der Waals surface area (Å²) in [5.74, 6) is -1.21. The van der Waals surface area contributed by atoms with Crippen molar-refractivity contribution in [2.75, 3.05) is 0 Å². The molecule has 2 aromatic rings. The molecule has 0 aliphatic carbocycles. The monoisotopic (exact) mass is 299 g/mol. The van der Waals surface area contributed by atoms with Gasteiger partial charge >= 0.3 is 58.2 Å². The predicted octanol–water partition coefficient (Wildman–Crippen LogP) is -2.54. The van der Waals surface area contributed by atoms with Gasteiger partial charge in [0.25, 0.3) is 0 Å². The van der Waals surface area contributed by atoms with E-state index in [0.29, 0.717) is 6.42 Å². The molecule has 17 heavy (non-hydrogen) atoms. The number of rotatable bonds is 3. The number of carboxylic acid groups (broad SMARTS) is 1. The number of hydrogen-bond acceptors (Lipinski definition) is 3. The molecule has 2 N–H and O–H groups in total. The predicted molar refractivity (Wildman–Crippen MR) is 60.6 cm³/mol. The van der Waals surface area contributed by atoms with Crippen molar-refractivity contribution in [3.63, 3.8) is 0 Å². The van der Waals surface area contributed by atoms with Gasteiger partial charge in [0, 0.05) is 6.04 Å². The first-order valence-electron chi connectivity index (χ1n) is 5.11. The van der Waals surface area contributed by atoms with E-state index in [1.165, 1.54) is 0 Å². The Morgan fingerprint density at radius 3 is 2.47 bits per heavy atom. The molecule has 2 rings (SSSR count). The molecular weight excluding hydrogens is 288 g/mol. The normalized spacial score (nSPS) is 11.8. The van der Waals surface area contributed by atoms with Crippen molar-refractivity contribution in [1.82, 2.24) is 0 Å². The van der Waals surface area contributed by atoms with Gasteiger partial charge in [-0.25, -0.2) is 0 Å². The number of benzene rings is 2. The number of nitrogens with two attached hydrogens (primary N) is 1. The number of hydrogen-bond donors (Lipinski definition) is 1. The van der Waals surface area contributed by atoms with Crippen molar-refractivity contribution in [1.29, 1.82) is 0 Å². The van der Waals surface area contributed by atoms with Crippen LogP contribution in [0.1, 0.15) is 5.56 Å². The third-order valence-electron chi connectivity index (χ3n) is 2.57. The summed E-state index contributed by atoms with van der Waals surface area (Å²) < 4.78 is 0. The molecule has 0 heterocycles. The zero-order chi connectivity index (χ0) is 11.5. The van der Waals surface area contributed by atoms with Crippen LogP contribution in [0.25, 0.3) is 10.8 Å². The van der Waals surface area contributed by atoms with Gasteiger partial charge in [0.15, 0.2) is 0 Å². The maximum absolute atomic E-state index is 10.5. The summed E-state index contributed by atoms with van der Waals surface area (Å²) in [5, 5.41) is 12.8. The second-order valence-corrected chi connectivity index (χ2v) is 3.81. The number of fused-ring (bicyclic) bond motifs is 1. The third kappa shape index (κ3) is 3.97. The van der Waals surface area contributed by atoms with Gasteiger partial charge in [-0.3, -0.25) is 0 Å². The van der Waals surface area contributed by atoms with Crippen LogP contribution in [0.4, 0.5) is 0 Å². The maximum atomic E-state index is 10.5. The van der Waals surface area contributed by atoms with Crippen molar-refractivity contribution in [2.24, 2.45) is 5.73 Å². The Labute approximate surface area is 149 Å². The molecule has 0 saturated carbocycles. The summed E-state index contributed by atoms with van der Waals surface area (Å²) >= 11 is 0. The van der Waals surface area contributed by atoms with Crippen LogP contribution in [0.5, 0.6) is 0 Å². The summed E-state index contributed by atoms with van der Waals surface area (Å²) in [4.78, 5) is 10.5. The van der Waals surface area contributed by atoms with E-state index in [1.807, 2.05) is 42.5 Å². The molecule has 0 aliphatic heterocycles. The molecule has 0 amide bonds. The molecule has 2 aromatic carbocycles. The van der Waals surface area contributed by atoms with Crippen molar-refractivity contribution in [3.05, 3.63) is 48.0 Å². The minimum atomic E-state index is -1.21. The zero-order valence-electron chi connectivity index (χ0n) is 9.72. The van der Waals surface area contributed by atoms with Gasteiger partial charge in [-0.2, -0.15) is 0 Å². The number of carbonyl (C=O) groups is 1. The summed E-state index contributed by atoms with van der Waals surface area (Å²) in [6.07, 6.45) is 0.299. The van der Waals surface area contributed by atoms with Crippen LogP contribution < -0.4 is 69.0 Å². The number of aliphatic carboxylic acids is 1. The average Bonchev–Trinajstić information content (AvgIpc) is 2.28. The van der Waals surface area contributed by atoms with Gasteiger partial charge in [-0.15, -0.1) is 0 Å². The minimum absolute atomic E-state index is 0. The van der Waals surface area contributed by atoms with E-state index in [9.17, 15) is 9.90 Å². The Kier molecular flexibility index (Phi) is 5.96. The van der Waals surface area contributed by atoms with Crippen molar-refractivity contribution >= 4 is 16.7 Å². The molecule has 0 spiro atoms. The molecule has 0 aliphatic rings. The molecule has 0 aromatic heterocycles. The van der Waals surface area contributed by atoms with E-state index in [-0.39, 0.29) is 58.2 Å². The standard InChI is InChI=1S/C13H13NO2.Rb/c14-12(13(15)16)8-9-5-6-10-3-1-2-4-11(10)7-9;/h1-7,12H,8,14H2,(H,15,16);/q;+1/p-1/t12-;/m0./s1. The van der Waals surface area contributed by atoms with Crippen LogP contribution in [0, 0.1) is 0 Å². The fourth-order valence-corrected chi connectivity index (χ4v) is 1.70. The second-order valence-electron chi connectivity index (χ2n) is 3.81. The van der Waals surface area contributed by atoms with Gasteiger partial charge < -0.3 is 15.6 Å². The first-order chi connectivity index (χ1) is 7.66. The largest absolute Gasteiger partial charge is 1.00 e. The van der Waals surface area contributed by atoms with Crippen molar-refractivity contribution in [2.45, 2.75) is 12.5 Å². The topological polar surface area (TPSA) is 66.2 Å². The fourth-order valence-electron chi connectivity index (χ4n) is 1.70. The fraction of sp³-hybridized carbons (Fsp3) is 0.154. The summed E-state index contributed by atoms with van der Waals surface area (Å²) in [6.45, 7) is 0. The molecule has 0 saturated heterocycles. The Morgan fingerprint density at radius 2 is 1.82 bits per heavy atom. The zero-order valence-corrected chi connectivity index (χ0v) is 14.6. The molecule has 82 valence electrons. The smallest absolute Gasteiger partial charge is 0.548 e. The molecule has 0 radical (unpaired) electrons. The van der Waals surface area contributed by atoms with E-state index < -0.39 is 12.0 Å². The van der Waals surface area contributed by atoms with Gasteiger partial charge in [-0.1, -0.05) is 42.5 Å². The first-order valence-corrected chi connectivity index (χ1v) is 5.11. The van der Waals surface area contributed by atoms with Crippen molar-refractivity contribution < 1.29 is 68.1 Å². The first kappa shape index (κ1) is 15.0. The minimum Gasteiger partial charge on any atom is -0.548 e. The van der Waals surface area contributed by atoms with E-state index in [0.717, 1.165) is 16.3 Å². The molecular formula is C13H12NO2Rb. The summed E-state index contributed by atoms with van der Waals surface area (Å²) in [7, 11) is 0. The molecule has 0 unspecified atom stereocenters. The molecule has 0 fully saturated rings. The summed E-state index contributed by atoms with van der Waals surface area (Å²) in [5.41, 5.74) is 6.34. The van der Waals surface area contributed by atoms with Gasteiger partial charge in [-0.05, 0) is 22.8 Å². The quantitative estimate of drug-likeness (QED) is 0.679. The Bertz CT molecular complexity index is 528.